The van der Waals surface area contributed by atoms with E-state index < -0.39 is 11.0 Å². The molecule has 0 saturated heterocycles. The number of oxime groups is 1. The highest BCUT2D eigenvalue weighted by atomic mass is 35.5. The molecule has 0 atom stereocenters. The summed E-state index contributed by atoms with van der Waals surface area (Å²) in [7, 11) is 0. The fourth-order valence-corrected chi connectivity index (χ4v) is 0.863. The van der Waals surface area contributed by atoms with Gasteiger partial charge in [0.25, 0.3) is 0 Å². The van der Waals surface area contributed by atoms with Crippen LogP contribution in [0.1, 0.15) is 10.4 Å². The van der Waals surface area contributed by atoms with Crippen molar-refractivity contribution in [1.29, 1.82) is 0 Å². The topological polar surface area (TPSA) is 49.7 Å². The lowest BCUT2D eigenvalue weighted by Crippen LogP contribution is -2.07. The Hall–Kier alpha value is -1.35. The Labute approximate surface area is 74.3 Å². The van der Waals surface area contributed by atoms with Crippen molar-refractivity contribution in [1.82, 2.24) is 0 Å². The summed E-state index contributed by atoms with van der Waals surface area (Å²) in [5, 5.41) is 10.4. The molecule has 0 amide bonds. The van der Waals surface area contributed by atoms with Crippen LogP contribution in [0, 0.1) is 0 Å². The van der Waals surface area contributed by atoms with Gasteiger partial charge in [-0.05, 0) is 0 Å². The van der Waals surface area contributed by atoms with Crippen molar-refractivity contribution in [2.24, 2.45) is 5.16 Å². The van der Waals surface area contributed by atoms with Gasteiger partial charge in [-0.3, -0.25) is 4.79 Å². The van der Waals surface area contributed by atoms with Crippen molar-refractivity contribution in [3.8, 4) is 0 Å². The third-order valence-corrected chi connectivity index (χ3v) is 1.56. The van der Waals surface area contributed by atoms with Crippen LogP contribution < -0.4 is 0 Å². The zero-order valence-corrected chi connectivity index (χ0v) is 6.82. The lowest BCUT2D eigenvalue weighted by molar-refractivity contribution is 0.106. The predicted octanol–water partition coefficient (Wildman–Crippen LogP) is 1.90. The second-order valence-electron chi connectivity index (χ2n) is 2.09. The van der Waals surface area contributed by atoms with Crippen molar-refractivity contribution in [3.63, 3.8) is 0 Å². The molecule has 3 nitrogen and oxygen atoms in total. The minimum absolute atomic E-state index is 0.403. The second-order valence-corrected chi connectivity index (χ2v) is 2.44. The van der Waals surface area contributed by atoms with E-state index in [1.807, 2.05) is 0 Å². The van der Waals surface area contributed by atoms with E-state index in [1.54, 1.807) is 30.3 Å². The fraction of sp³-hybridized carbons (Fsp3) is 0. The quantitative estimate of drug-likeness (QED) is 0.330. The maximum absolute atomic E-state index is 11.2. The van der Waals surface area contributed by atoms with Crippen LogP contribution in [-0.4, -0.2) is 16.2 Å². The van der Waals surface area contributed by atoms with Gasteiger partial charge in [0, 0.05) is 5.56 Å². The Kier molecular flexibility index (Phi) is 2.82. The van der Waals surface area contributed by atoms with Crippen LogP contribution in [0.3, 0.4) is 0 Å². The average Bonchev–Trinajstić information content (AvgIpc) is 2.17. The fourth-order valence-electron chi connectivity index (χ4n) is 0.754. The number of carbonyl (C=O) groups is 1. The van der Waals surface area contributed by atoms with Gasteiger partial charge in [-0.25, -0.2) is 0 Å². The molecule has 0 unspecified atom stereocenters. The molecule has 4 heteroatoms. The van der Waals surface area contributed by atoms with E-state index in [-0.39, 0.29) is 0 Å². The van der Waals surface area contributed by atoms with Gasteiger partial charge in [-0.15, -0.1) is 0 Å². The van der Waals surface area contributed by atoms with Crippen LogP contribution in [0.4, 0.5) is 0 Å². The summed E-state index contributed by atoms with van der Waals surface area (Å²) in [5.74, 6) is -0.486. The molecule has 1 aromatic rings. The van der Waals surface area contributed by atoms with Gasteiger partial charge in [0.05, 0.1) is 0 Å². The molecule has 0 saturated carbocycles. The molecule has 0 radical (unpaired) electrons. The minimum Gasteiger partial charge on any atom is -0.410 e. The Bertz CT molecular complexity index is 308. The Balaban J connectivity index is 2.94. The summed E-state index contributed by atoms with van der Waals surface area (Å²) in [6, 6.07) is 8.37. The first-order chi connectivity index (χ1) is 5.75. The van der Waals surface area contributed by atoms with Gasteiger partial charge in [0.15, 0.2) is 0 Å². The molecule has 0 aliphatic heterocycles. The van der Waals surface area contributed by atoms with Crippen LogP contribution in [-0.2, 0) is 0 Å². The molecule has 0 aromatic heterocycles. The summed E-state index contributed by atoms with van der Waals surface area (Å²) >= 11 is 5.30. The lowest BCUT2D eigenvalue weighted by Gasteiger charge is -1.94. The molecule has 0 bridgehead atoms. The Morgan fingerprint density at radius 2 is 1.92 bits per heavy atom. The van der Waals surface area contributed by atoms with Gasteiger partial charge in [-0.1, -0.05) is 47.1 Å². The number of Topliss-reactive ketones (excluding diaryl/α,β-unsaturated/α-hetero) is 1. The van der Waals surface area contributed by atoms with Crippen molar-refractivity contribution in [3.05, 3.63) is 35.9 Å². The summed E-state index contributed by atoms with van der Waals surface area (Å²) in [6.45, 7) is 0. The summed E-state index contributed by atoms with van der Waals surface area (Å²) in [4.78, 5) is 11.2. The molecule has 1 rings (SSSR count). The molecule has 62 valence electrons. The normalized spacial score (nSPS) is 11.2. The smallest absolute Gasteiger partial charge is 0.226 e. The van der Waals surface area contributed by atoms with E-state index in [0.717, 1.165) is 0 Å². The number of nitrogens with zero attached hydrogens (tertiary/aromatic N) is 1. The van der Waals surface area contributed by atoms with E-state index in [2.05, 4.69) is 5.16 Å². The number of hydrogen-bond donors (Lipinski definition) is 1. The van der Waals surface area contributed by atoms with Gasteiger partial charge in [-0.2, -0.15) is 0 Å². The maximum Gasteiger partial charge on any atom is 0.226 e. The zero-order chi connectivity index (χ0) is 8.97. The molecule has 0 fully saturated rings. The number of ketones is 1. The van der Waals surface area contributed by atoms with Gasteiger partial charge in [0.2, 0.25) is 11.0 Å². The number of hydrogen-bond acceptors (Lipinski definition) is 3. The predicted molar refractivity (Wildman–Crippen MR) is 45.8 cm³/mol. The highest BCUT2D eigenvalue weighted by molar-refractivity contribution is 6.84. The van der Waals surface area contributed by atoms with Crippen molar-refractivity contribution in [2.45, 2.75) is 0 Å². The van der Waals surface area contributed by atoms with E-state index in [9.17, 15) is 4.79 Å². The second kappa shape index (κ2) is 3.88. The number of halogens is 1. The maximum atomic E-state index is 11.2. The molecular weight excluding hydrogens is 178 g/mol. The van der Waals surface area contributed by atoms with Crippen LogP contribution in [0.2, 0.25) is 0 Å². The molecule has 1 aromatic carbocycles. The first-order valence-corrected chi connectivity index (χ1v) is 3.61. The van der Waals surface area contributed by atoms with Crippen LogP contribution >= 0.6 is 11.6 Å². The minimum atomic E-state index is -0.486. The van der Waals surface area contributed by atoms with E-state index in [4.69, 9.17) is 16.8 Å². The molecule has 0 heterocycles. The Morgan fingerprint density at radius 1 is 1.33 bits per heavy atom. The standard InChI is InChI=1S/C8H6ClNO2/c9-8(10-12)7(11)6-4-2-1-3-5-6/h1-5,12H/b10-8-. The molecule has 1 N–H and O–H groups in total. The van der Waals surface area contributed by atoms with Crippen LogP contribution in [0.5, 0.6) is 0 Å². The molecule has 0 spiro atoms. The van der Waals surface area contributed by atoms with Gasteiger partial charge >= 0.3 is 0 Å². The summed E-state index contributed by atoms with van der Waals surface area (Å²) < 4.78 is 0. The largest absolute Gasteiger partial charge is 0.410 e. The summed E-state index contributed by atoms with van der Waals surface area (Å²) in [6.07, 6.45) is 0. The third kappa shape index (κ3) is 1.83. The highest BCUT2D eigenvalue weighted by Gasteiger charge is 2.10. The third-order valence-electron chi connectivity index (χ3n) is 1.31. The molecule has 0 aliphatic rings. The molecular formula is C8H6ClNO2. The van der Waals surface area contributed by atoms with E-state index >= 15 is 0 Å². The average molecular weight is 184 g/mol. The zero-order valence-electron chi connectivity index (χ0n) is 6.07. The lowest BCUT2D eigenvalue weighted by atomic mass is 10.1. The van der Waals surface area contributed by atoms with Crippen LogP contribution in [0.15, 0.2) is 35.5 Å². The first-order valence-electron chi connectivity index (χ1n) is 3.23. The monoisotopic (exact) mass is 183 g/mol. The summed E-state index contributed by atoms with van der Waals surface area (Å²) in [5.41, 5.74) is 0.403. The van der Waals surface area contributed by atoms with Crippen molar-refractivity contribution >= 4 is 22.6 Å². The number of rotatable bonds is 2. The molecule has 0 aliphatic carbocycles. The molecule has 12 heavy (non-hydrogen) atoms. The SMILES string of the molecule is O=C(/C(Cl)=N/O)c1ccccc1. The van der Waals surface area contributed by atoms with Gasteiger partial charge in [0.1, 0.15) is 0 Å². The van der Waals surface area contributed by atoms with E-state index in [0.29, 0.717) is 5.56 Å². The van der Waals surface area contributed by atoms with Crippen molar-refractivity contribution in [2.75, 3.05) is 0 Å². The highest BCUT2D eigenvalue weighted by Crippen LogP contribution is 2.03. The first kappa shape index (κ1) is 8.74. The van der Waals surface area contributed by atoms with Crippen molar-refractivity contribution < 1.29 is 10.0 Å². The number of carbonyl (C=O) groups excluding carboxylic acids is 1. The van der Waals surface area contributed by atoms with Gasteiger partial charge < -0.3 is 5.21 Å². The number of benzene rings is 1. The Morgan fingerprint density at radius 3 is 2.42 bits per heavy atom. The van der Waals surface area contributed by atoms with E-state index in [1.165, 1.54) is 0 Å². The van der Waals surface area contributed by atoms with Crippen LogP contribution in [0.25, 0.3) is 0 Å².